The van der Waals surface area contributed by atoms with Gasteiger partial charge in [-0.2, -0.15) is 0 Å². The van der Waals surface area contributed by atoms with E-state index in [1.165, 1.54) is 0 Å². The number of piperidine rings is 1. The molecular weight excluding hydrogens is 378 g/mol. The Labute approximate surface area is 179 Å². The van der Waals surface area contributed by atoms with Crippen LogP contribution in [0.3, 0.4) is 0 Å². The van der Waals surface area contributed by atoms with E-state index in [0.29, 0.717) is 12.5 Å². The molecule has 0 spiro atoms. The first-order valence-corrected chi connectivity index (χ1v) is 11.2. The van der Waals surface area contributed by atoms with E-state index in [9.17, 15) is 4.79 Å². The van der Waals surface area contributed by atoms with Crippen LogP contribution in [0.1, 0.15) is 31.3 Å². The molecule has 0 radical (unpaired) electrons. The minimum atomic E-state index is 0.154. The van der Waals surface area contributed by atoms with Gasteiger partial charge >= 0.3 is 0 Å². The van der Waals surface area contributed by atoms with Gasteiger partial charge in [-0.25, -0.2) is 0 Å². The predicted octanol–water partition coefficient (Wildman–Crippen LogP) is 3.55. The largest absolute Gasteiger partial charge is 0.492 e. The van der Waals surface area contributed by atoms with E-state index in [2.05, 4.69) is 26.8 Å². The van der Waals surface area contributed by atoms with E-state index < -0.39 is 0 Å². The monoisotopic (exact) mass is 411 g/mol. The topological polar surface area (TPSA) is 49.2 Å². The number of furan rings is 1. The second-order valence-electron chi connectivity index (χ2n) is 8.28. The molecule has 0 N–H and O–H groups in total. The van der Waals surface area contributed by atoms with Crippen molar-refractivity contribution in [3.05, 3.63) is 47.9 Å². The lowest BCUT2D eigenvalue weighted by Crippen LogP contribution is -2.51. The number of carbonyl (C=O) groups excluding carboxylic acids is 1. The van der Waals surface area contributed by atoms with Crippen LogP contribution in [0.15, 0.2) is 40.8 Å². The fourth-order valence-electron chi connectivity index (χ4n) is 4.55. The van der Waals surface area contributed by atoms with Crippen LogP contribution >= 0.6 is 0 Å². The Morgan fingerprint density at radius 1 is 1.03 bits per heavy atom. The van der Waals surface area contributed by atoms with Gasteiger partial charge in [0.25, 0.3) is 0 Å². The third kappa shape index (κ3) is 4.81. The van der Waals surface area contributed by atoms with Crippen molar-refractivity contribution in [3.63, 3.8) is 0 Å². The molecule has 0 atom stereocenters. The predicted molar refractivity (Wildman–Crippen MR) is 118 cm³/mol. The van der Waals surface area contributed by atoms with Gasteiger partial charge in [0.15, 0.2) is 0 Å². The second-order valence-corrected chi connectivity index (χ2v) is 8.28. The van der Waals surface area contributed by atoms with Crippen molar-refractivity contribution in [1.29, 1.82) is 0 Å². The Balaban J connectivity index is 1.26. The number of ether oxygens (including phenoxy) is 1. The number of likely N-dealkylation sites (tertiary alicyclic amines) is 1. The molecule has 2 aromatic rings. The van der Waals surface area contributed by atoms with Crippen LogP contribution < -0.4 is 9.64 Å². The number of hydrogen-bond acceptors (Lipinski definition) is 5. The Bertz CT molecular complexity index is 834. The van der Waals surface area contributed by atoms with Crippen molar-refractivity contribution in [3.8, 4) is 5.75 Å². The number of nitrogens with zero attached hydrogens (tertiary/aromatic N) is 3. The minimum Gasteiger partial charge on any atom is -0.492 e. The number of amides is 1. The van der Waals surface area contributed by atoms with Crippen LogP contribution in [0, 0.1) is 12.8 Å². The molecule has 6 nitrogen and oxygen atoms in total. The average Bonchev–Trinajstić information content (AvgIpc) is 3.19. The summed E-state index contributed by atoms with van der Waals surface area (Å²) in [7, 11) is 0. The number of anilines is 1. The molecule has 4 rings (SSSR count). The lowest BCUT2D eigenvalue weighted by atomic mass is 9.95. The zero-order chi connectivity index (χ0) is 20.9. The standard InChI is InChI=1S/C24H33N3O3/c1-3-29-23-7-5-4-6-22(23)26-14-16-27(17-15-26)24(28)20-10-12-25(13-11-20)18-21-9-8-19(2)30-21/h4-9,20H,3,10-18H2,1-2H3. The normalized spacial score (nSPS) is 18.6. The summed E-state index contributed by atoms with van der Waals surface area (Å²) in [5.41, 5.74) is 1.13. The van der Waals surface area contributed by atoms with Crippen LogP contribution in [0.5, 0.6) is 5.75 Å². The zero-order valence-electron chi connectivity index (χ0n) is 18.2. The van der Waals surface area contributed by atoms with Gasteiger partial charge in [-0.1, -0.05) is 12.1 Å². The Morgan fingerprint density at radius 2 is 1.77 bits per heavy atom. The van der Waals surface area contributed by atoms with Crippen LogP contribution in [-0.4, -0.2) is 61.6 Å². The van der Waals surface area contributed by atoms with Crippen molar-refractivity contribution in [1.82, 2.24) is 9.80 Å². The highest BCUT2D eigenvalue weighted by molar-refractivity contribution is 5.79. The molecule has 2 aliphatic rings. The molecule has 162 valence electrons. The molecule has 6 heteroatoms. The fraction of sp³-hybridized carbons (Fsp3) is 0.542. The van der Waals surface area contributed by atoms with Gasteiger partial charge in [0.2, 0.25) is 5.91 Å². The molecule has 2 aliphatic heterocycles. The van der Waals surface area contributed by atoms with E-state index in [0.717, 1.165) is 81.6 Å². The van der Waals surface area contributed by atoms with Crippen molar-refractivity contribution in [2.24, 2.45) is 5.92 Å². The maximum atomic E-state index is 13.1. The summed E-state index contributed by atoms with van der Waals surface area (Å²) in [5.74, 6) is 3.39. The lowest BCUT2D eigenvalue weighted by Gasteiger charge is -2.39. The molecule has 0 saturated carbocycles. The van der Waals surface area contributed by atoms with Crippen LogP contribution in [0.2, 0.25) is 0 Å². The van der Waals surface area contributed by atoms with Crippen molar-refractivity contribution in [2.75, 3.05) is 50.8 Å². The molecule has 0 bridgehead atoms. The van der Waals surface area contributed by atoms with Crippen molar-refractivity contribution in [2.45, 2.75) is 33.2 Å². The Kier molecular flexibility index (Phi) is 6.62. The molecule has 2 saturated heterocycles. The first-order chi connectivity index (χ1) is 14.6. The van der Waals surface area contributed by atoms with Gasteiger partial charge in [-0.3, -0.25) is 9.69 Å². The molecule has 1 aromatic heterocycles. The molecule has 1 amide bonds. The van der Waals surface area contributed by atoms with Gasteiger partial charge < -0.3 is 19.0 Å². The Morgan fingerprint density at radius 3 is 2.43 bits per heavy atom. The molecule has 30 heavy (non-hydrogen) atoms. The van der Waals surface area contributed by atoms with Crippen molar-refractivity contribution >= 4 is 11.6 Å². The Hall–Kier alpha value is -2.47. The number of aryl methyl sites for hydroxylation is 1. The SMILES string of the molecule is CCOc1ccccc1N1CCN(C(=O)C2CCN(Cc3ccc(C)o3)CC2)CC1. The van der Waals surface area contributed by atoms with E-state index in [1.54, 1.807) is 0 Å². The summed E-state index contributed by atoms with van der Waals surface area (Å²) < 4.78 is 11.5. The number of piperazine rings is 1. The first-order valence-electron chi connectivity index (χ1n) is 11.2. The molecule has 3 heterocycles. The summed E-state index contributed by atoms with van der Waals surface area (Å²) >= 11 is 0. The highest BCUT2D eigenvalue weighted by Gasteiger charge is 2.31. The number of rotatable bonds is 6. The summed E-state index contributed by atoms with van der Waals surface area (Å²) in [4.78, 5) is 19.9. The first kappa shape index (κ1) is 20.8. The van der Waals surface area contributed by atoms with Gasteiger partial charge in [0, 0.05) is 32.1 Å². The van der Waals surface area contributed by atoms with Gasteiger partial charge in [-0.05, 0) is 64.0 Å². The summed E-state index contributed by atoms with van der Waals surface area (Å²) in [6, 6.07) is 12.3. The molecule has 1 aromatic carbocycles. The molecule has 0 unspecified atom stereocenters. The summed E-state index contributed by atoms with van der Waals surface area (Å²) in [6.45, 7) is 10.7. The van der Waals surface area contributed by atoms with Crippen LogP contribution in [0.4, 0.5) is 5.69 Å². The van der Waals surface area contributed by atoms with Gasteiger partial charge in [0.1, 0.15) is 17.3 Å². The van der Waals surface area contributed by atoms with Crippen LogP contribution in [-0.2, 0) is 11.3 Å². The molecule has 0 aliphatic carbocycles. The highest BCUT2D eigenvalue weighted by Crippen LogP contribution is 2.29. The summed E-state index contributed by atoms with van der Waals surface area (Å²) in [6.07, 6.45) is 1.87. The number of carbonyl (C=O) groups is 1. The highest BCUT2D eigenvalue weighted by atomic mass is 16.5. The second kappa shape index (κ2) is 9.56. The molecule has 2 fully saturated rings. The number of hydrogen-bond donors (Lipinski definition) is 0. The lowest BCUT2D eigenvalue weighted by molar-refractivity contribution is -0.137. The minimum absolute atomic E-state index is 0.154. The average molecular weight is 412 g/mol. The smallest absolute Gasteiger partial charge is 0.225 e. The third-order valence-electron chi connectivity index (χ3n) is 6.21. The molecular formula is C24H33N3O3. The summed E-state index contributed by atoms with van der Waals surface area (Å²) in [5, 5.41) is 0. The van der Waals surface area contributed by atoms with Crippen molar-refractivity contribution < 1.29 is 13.9 Å². The maximum Gasteiger partial charge on any atom is 0.225 e. The number of para-hydroxylation sites is 2. The number of benzene rings is 1. The fourth-order valence-corrected chi connectivity index (χ4v) is 4.55. The zero-order valence-corrected chi connectivity index (χ0v) is 18.2. The van der Waals surface area contributed by atoms with Gasteiger partial charge in [0.05, 0.1) is 18.8 Å². The van der Waals surface area contributed by atoms with E-state index >= 15 is 0 Å². The quantitative estimate of drug-likeness (QED) is 0.728. The van der Waals surface area contributed by atoms with E-state index in [-0.39, 0.29) is 5.92 Å². The van der Waals surface area contributed by atoms with Crippen LogP contribution in [0.25, 0.3) is 0 Å². The van der Waals surface area contributed by atoms with E-state index in [4.69, 9.17) is 9.15 Å². The van der Waals surface area contributed by atoms with E-state index in [1.807, 2.05) is 38.1 Å². The van der Waals surface area contributed by atoms with Gasteiger partial charge in [-0.15, -0.1) is 0 Å². The maximum absolute atomic E-state index is 13.1. The third-order valence-corrected chi connectivity index (χ3v) is 6.21.